The van der Waals surface area contributed by atoms with Crippen LogP contribution in [0.4, 0.5) is 0 Å². The molecule has 2 rings (SSSR count). The lowest BCUT2D eigenvalue weighted by Gasteiger charge is -2.32. The van der Waals surface area contributed by atoms with E-state index in [4.69, 9.17) is 0 Å². The molecule has 1 saturated heterocycles. The summed E-state index contributed by atoms with van der Waals surface area (Å²) in [5.74, 6) is 0.758. The maximum atomic E-state index is 12.4. The minimum absolute atomic E-state index is 0.126. The molecule has 1 unspecified atom stereocenters. The first-order valence-corrected chi connectivity index (χ1v) is 8.32. The van der Waals surface area contributed by atoms with Crippen molar-refractivity contribution in [1.29, 1.82) is 0 Å². The van der Waals surface area contributed by atoms with E-state index in [1.807, 2.05) is 11.8 Å². The zero-order chi connectivity index (χ0) is 13.0. The smallest absolute Gasteiger partial charge is 0.267 e. The fourth-order valence-corrected chi connectivity index (χ4v) is 3.75. The largest absolute Gasteiger partial charge is 0.338 e. The summed E-state index contributed by atoms with van der Waals surface area (Å²) in [6, 6.07) is 0. The molecule has 1 aliphatic heterocycles. The normalized spacial score (nSPS) is 20.1. The van der Waals surface area contributed by atoms with Crippen LogP contribution >= 0.6 is 27.5 Å². The van der Waals surface area contributed by atoms with E-state index in [0.717, 1.165) is 48.3 Å². The molecule has 1 aliphatic rings. The van der Waals surface area contributed by atoms with Crippen molar-refractivity contribution >= 4 is 33.4 Å². The topological polar surface area (TPSA) is 46.1 Å². The molecule has 0 spiro atoms. The number of alkyl halides is 1. The Kier molecular flexibility index (Phi) is 5.12. The van der Waals surface area contributed by atoms with Crippen LogP contribution in [0, 0.1) is 5.92 Å². The Hall–Kier alpha value is -0.490. The second kappa shape index (κ2) is 6.61. The zero-order valence-electron chi connectivity index (χ0n) is 10.6. The van der Waals surface area contributed by atoms with Crippen LogP contribution in [-0.2, 0) is 6.42 Å². The average Bonchev–Trinajstić information content (AvgIpc) is 2.87. The third-order valence-corrected chi connectivity index (χ3v) is 4.62. The van der Waals surface area contributed by atoms with Gasteiger partial charge in [0.15, 0.2) is 0 Å². The summed E-state index contributed by atoms with van der Waals surface area (Å²) in [5, 5.41) is 5.04. The Morgan fingerprint density at radius 3 is 3.17 bits per heavy atom. The molecular formula is C12H18BrN3OS. The van der Waals surface area contributed by atoms with Crippen molar-refractivity contribution in [3.05, 3.63) is 10.6 Å². The van der Waals surface area contributed by atoms with Crippen molar-refractivity contribution in [3.63, 3.8) is 0 Å². The molecule has 0 saturated carbocycles. The third kappa shape index (κ3) is 3.09. The Labute approximate surface area is 120 Å². The summed E-state index contributed by atoms with van der Waals surface area (Å²) in [6.45, 7) is 3.77. The Morgan fingerprint density at radius 1 is 1.61 bits per heavy atom. The minimum atomic E-state index is 0.126. The van der Waals surface area contributed by atoms with E-state index in [0.29, 0.717) is 5.92 Å². The van der Waals surface area contributed by atoms with E-state index >= 15 is 0 Å². The van der Waals surface area contributed by atoms with Crippen LogP contribution in [0.25, 0.3) is 0 Å². The predicted molar refractivity (Wildman–Crippen MR) is 76.3 cm³/mol. The quantitative estimate of drug-likeness (QED) is 0.797. The highest BCUT2D eigenvalue weighted by Crippen LogP contribution is 2.23. The van der Waals surface area contributed by atoms with Gasteiger partial charge in [0.25, 0.3) is 5.91 Å². The highest BCUT2D eigenvalue weighted by atomic mass is 79.9. The molecule has 1 amide bonds. The van der Waals surface area contributed by atoms with E-state index in [1.165, 1.54) is 18.0 Å². The molecule has 1 atom stereocenters. The van der Waals surface area contributed by atoms with Gasteiger partial charge < -0.3 is 4.90 Å². The molecular weight excluding hydrogens is 314 g/mol. The van der Waals surface area contributed by atoms with Gasteiger partial charge in [0.1, 0.15) is 4.88 Å². The second-order valence-corrected chi connectivity index (χ2v) is 6.19. The van der Waals surface area contributed by atoms with Crippen LogP contribution in [0.5, 0.6) is 0 Å². The predicted octanol–water partition coefficient (Wildman–Crippen LogP) is 2.74. The molecule has 0 N–H and O–H groups in total. The highest BCUT2D eigenvalue weighted by Gasteiger charge is 2.26. The molecule has 1 aromatic heterocycles. The minimum Gasteiger partial charge on any atom is -0.338 e. The fourth-order valence-electron chi connectivity index (χ4n) is 2.39. The molecule has 0 radical (unpaired) electrons. The van der Waals surface area contributed by atoms with Crippen molar-refractivity contribution in [2.45, 2.75) is 32.6 Å². The summed E-state index contributed by atoms with van der Waals surface area (Å²) in [6.07, 6.45) is 4.26. The SMILES string of the molecule is CCc1nnsc1C(=O)N1CCCC(CCBr)C1. The first-order valence-electron chi connectivity index (χ1n) is 6.42. The van der Waals surface area contributed by atoms with E-state index < -0.39 is 0 Å². The number of carbonyl (C=O) groups is 1. The van der Waals surface area contributed by atoms with Gasteiger partial charge in [-0.1, -0.05) is 27.3 Å². The monoisotopic (exact) mass is 331 g/mol. The third-order valence-electron chi connectivity index (χ3n) is 3.41. The number of hydrogen-bond acceptors (Lipinski definition) is 4. The number of likely N-dealkylation sites (tertiary alicyclic amines) is 1. The molecule has 0 aliphatic carbocycles. The maximum absolute atomic E-state index is 12.4. The van der Waals surface area contributed by atoms with Gasteiger partial charge in [-0.05, 0) is 43.1 Å². The molecule has 2 heterocycles. The number of carbonyl (C=O) groups excluding carboxylic acids is 1. The molecule has 4 nitrogen and oxygen atoms in total. The molecule has 1 aromatic rings. The zero-order valence-corrected chi connectivity index (χ0v) is 13.0. The van der Waals surface area contributed by atoms with Gasteiger partial charge >= 0.3 is 0 Å². The number of nitrogens with zero attached hydrogens (tertiary/aromatic N) is 3. The average molecular weight is 332 g/mol. The maximum Gasteiger partial charge on any atom is 0.267 e. The number of amides is 1. The van der Waals surface area contributed by atoms with E-state index in [2.05, 4.69) is 25.5 Å². The number of aromatic nitrogens is 2. The van der Waals surface area contributed by atoms with Crippen LogP contribution in [-0.4, -0.2) is 38.8 Å². The summed E-state index contributed by atoms with van der Waals surface area (Å²) in [4.78, 5) is 15.1. The molecule has 100 valence electrons. The Balaban J connectivity index is 2.04. The van der Waals surface area contributed by atoms with Gasteiger partial charge in [-0.15, -0.1) is 5.10 Å². The Bertz CT molecular complexity index is 408. The number of aryl methyl sites for hydroxylation is 1. The number of piperidine rings is 1. The lowest BCUT2D eigenvalue weighted by Crippen LogP contribution is -2.40. The summed E-state index contributed by atoms with van der Waals surface area (Å²) in [5.41, 5.74) is 0.840. The van der Waals surface area contributed by atoms with Gasteiger partial charge in [0, 0.05) is 18.4 Å². The summed E-state index contributed by atoms with van der Waals surface area (Å²) < 4.78 is 3.90. The van der Waals surface area contributed by atoms with Gasteiger partial charge in [0.2, 0.25) is 0 Å². The van der Waals surface area contributed by atoms with Crippen molar-refractivity contribution in [2.75, 3.05) is 18.4 Å². The molecule has 6 heteroatoms. The number of halogens is 1. The second-order valence-electron chi connectivity index (χ2n) is 4.64. The number of rotatable bonds is 4. The van der Waals surface area contributed by atoms with Crippen LogP contribution in [0.2, 0.25) is 0 Å². The van der Waals surface area contributed by atoms with E-state index in [1.54, 1.807) is 0 Å². The fraction of sp³-hybridized carbons (Fsp3) is 0.750. The summed E-state index contributed by atoms with van der Waals surface area (Å²) >= 11 is 4.71. The molecule has 1 fully saturated rings. The lowest BCUT2D eigenvalue weighted by molar-refractivity contribution is 0.0675. The Morgan fingerprint density at radius 2 is 2.44 bits per heavy atom. The first-order chi connectivity index (χ1) is 8.76. The standard InChI is InChI=1S/C12H18BrN3OS/c1-2-10-11(18-15-14-10)12(17)16-7-3-4-9(8-16)5-6-13/h9H,2-8H2,1H3. The first kappa shape index (κ1) is 13.9. The van der Waals surface area contributed by atoms with Crippen LogP contribution in [0.15, 0.2) is 0 Å². The summed E-state index contributed by atoms with van der Waals surface area (Å²) in [7, 11) is 0. The highest BCUT2D eigenvalue weighted by molar-refractivity contribution is 9.09. The van der Waals surface area contributed by atoms with E-state index in [9.17, 15) is 4.79 Å². The van der Waals surface area contributed by atoms with Gasteiger partial charge in [-0.2, -0.15) is 0 Å². The van der Waals surface area contributed by atoms with E-state index in [-0.39, 0.29) is 5.91 Å². The molecule has 0 bridgehead atoms. The van der Waals surface area contributed by atoms with Gasteiger partial charge in [0.05, 0.1) is 5.69 Å². The van der Waals surface area contributed by atoms with Crippen molar-refractivity contribution in [1.82, 2.24) is 14.5 Å². The van der Waals surface area contributed by atoms with Crippen LogP contribution in [0.3, 0.4) is 0 Å². The van der Waals surface area contributed by atoms with Crippen molar-refractivity contribution in [2.24, 2.45) is 5.92 Å². The molecule has 18 heavy (non-hydrogen) atoms. The number of hydrogen-bond donors (Lipinski definition) is 0. The van der Waals surface area contributed by atoms with Gasteiger partial charge in [-0.3, -0.25) is 4.79 Å². The lowest BCUT2D eigenvalue weighted by atomic mass is 9.95. The van der Waals surface area contributed by atoms with Crippen LogP contribution in [0.1, 0.15) is 41.6 Å². The van der Waals surface area contributed by atoms with Crippen LogP contribution < -0.4 is 0 Å². The van der Waals surface area contributed by atoms with Crippen molar-refractivity contribution < 1.29 is 4.79 Å². The van der Waals surface area contributed by atoms with Gasteiger partial charge in [-0.25, -0.2) is 0 Å². The van der Waals surface area contributed by atoms with Crippen molar-refractivity contribution in [3.8, 4) is 0 Å². The molecule has 0 aromatic carbocycles.